The van der Waals surface area contributed by atoms with Gasteiger partial charge in [-0.05, 0) is 19.9 Å². The van der Waals surface area contributed by atoms with Crippen molar-refractivity contribution in [1.29, 1.82) is 0 Å². The highest BCUT2D eigenvalue weighted by Gasteiger charge is 2.09. The molecule has 0 atom stereocenters. The Morgan fingerprint density at radius 2 is 2.28 bits per heavy atom. The third-order valence-electron chi connectivity index (χ3n) is 2.13. The van der Waals surface area contributed by atoms with Crippen molar-refractivity contribution in [3.8, 4) is 0 Å². The number of nitrogens with zero attached hydrogens (tertiary/aromatic N) is 2. The zero-order valence-corrected chi connectivity index (χ0v) is 11.2. The van der Waals surface area contributed by atoms with Crippen molar-refractivity contribution in [2.45, 2.75) is 19.9 Å². The molecule has 0 spiro atoms. The molecule has 7 heteroatoms. The van der Waals surface area contributed by atoms with Crippen molar-refractivity contribution in [2.75, 3.05) is 18.1 Å². The minimum atomic E-state index is -0.845. The molecule has 0 aromatic carbocycles. The molecule has 0 fully saturated rings. The lowest BCUT2D eigenvalue weighted by Crippen LogP contribution is -2.26. The van der Waals surface area contributed by atoms with Crippen LogP contribution >= 0.6 is 11.8 Å². The van der Waals surface area contributed by atoms with Crippen molar-refractivity contribution in [2.24, 2.45) is 0 Å². The summed E-state index contributed by atoms with van der Waals surface area (Å²) in [4.78, 5) is 21.9. The van der Waals surface area contributed by atoms with E-state index in [2.05, 4.69) is 10.4 Å². The smallest absolute Gasteiger partial charge is 0.313 e. The molecular weight excluding hydrogens is 254 g/mol. The van der Waals surface area contributed by atoms with Gasteiger partial charge in [0.1, 0.15) is 5.69 Å². The normalized spacial score (nSPS) is 10.6. The number of rotatable bonds is 7. The molecule has 1 amide bonds. The Labute approximate surface area is 110 Å². The van der Waals surface area contributed by atoms with Gasteiger partial charge in [0, 0.05) is 24.5 Å². The van der Waals surface area contributed by atoms with Crippen LogP contribution in [0.2, 0.25) is 0 Å². The molecule has 0 aliphatic rings. The summed E-state index contributed by atoms with van der Waals surface area (Å²) in [6.45, 7) is 4.40. The van der Waals surface area contributed by atoms with E-state index in [1.165, 1.54) is 11.8 Å². The summed E-state index contributed by atoms with van der Waals surface area (Å²) < 4.78 is 1.72. The van der Waals surface area contributed by atoms with Crippen LogP contribution in [0, 0.1) is 0 Å². The quantitative estimate of drug-likeness (QED) is 0.723. The summed E-state index contributed by atoms with van der Waals surface area (Å²) in [5.41, 5.74) is 0.381. The van der Waals surface area contributed by atoms with Crippen molar-refractivity contribution >= 4 is 23.6 Å². The van der Waals surface area contributed by atoms with Crippen LogP contribution in [-0.2, 0) is 4.79 Å². The second-order valence-electron chi connectivity index (χ2n) is 3.98. The van der Waals surface area contributed by atoms with Crippen LogP contribution in [-0.4, -0.2) is 44.8 Å². The first kappa shape index (κ1) is 14.6. The van der Waals surface area contributed by atoms with E-state index < -0.39 is 5.97 Å². The van der Waals surface area contributed by atoms with E-state index >= 15 is 0 Å². The largest absolute Gasteiger partial charge is 0.481 e. The van der Waals surface area contributed by atoms with Crippen LogP contribution in [0.5, 0.6) is 0 Å². The second kappa shape index (κ2) is 7.05. The van der Waals surface area contributed by atoms with Gasteiger partial charge in [0.2, 0.25) is 0 Å². The maximum absolute atomic E-state index is 11.7. The fourth-order valence-electron chi connectivity index (χ4n) is 1.23. The molecule has 6 nitrogen and oxygen atoms in total. The topological polar surface area (TPSA) is 84.2 Å². The predicted octanol–water partition coefficient (Wildman–Crippen LogP) is 1.01. The van der Waals surface area contributed by atoms with E-state index in [4.69, 9.17) is 5.11 Å². The Hall–Kier alpha value is -1.50. The summed E-state index contributed by atoms with van der Waals surface area (Å²) in [6.07, 6.45) is 1.76. The molecule has 1 aromatic rings. The summed E-state index contributed by atoms with van der Waals surface area (Å²) in [5.74, 6) is -0.451. The molecule has 1 rings (SSSR count). The molecule has 0 saturated carbocycles. The number of hydrogen-bond donors (Lipinski definition) is 2. The number of carboxylic acids is 1. The molecule has 0 unspecified atom stereocenters. The van der Waals surface area contributed by atoms with Gasteiger partial charge in [0.05, 0.1) is 5.75 Å². The third-order valence-corrected chi connectivity index (χ3v) is 3.07. The molecule has 1 aromatic heterocycles. The molecule has 0 aliphatic carbocycles. The summed E-state index contributed by atoms with van der Waals surface area (Å²) in [7, 11) is 0. The third kappa shape index (κ3) is 4.79. The van der Waals surface area contributed by atoms with E-state index in [1.807, 2.05) is 13.8 Å². The molecule has 0 radical (unpaired) electrons. The van der Waals surface area contributed by atoms with E-state index in [1.54, 1.807) is 16.9 Å². The van der Waals surface area contributed by atoms with E-state index in [9.17, 15) is 9.59 Å². The summed E-state index contributed by atoms with van der Waals surface area (Å²) in [6, 6.07) is 1.89. The van der Waals surface area contributed by atoms with Crippen LogP contribution in [0.1, 0.15) is 30.4 Å². The maximum Gasteiger partial charge on any atom is 0.313 e. The van der Waals surface area contributed by atoms with Crippen molar-refractivity contribution in [1.82, 2.24) is 15.1 Å². The highest BCUT2D eigenvalue weighted by atomic mass is 32.2. The highest BCUT2D eigenvalue weighted by Crippen LogP contribution is 2.04. The summed E-state index contributed by atoms with van der Waals surface area (Å²) in [5, 5.41) is 15.3. The van der Waals surface area contributed by atoms with Crippen LogP contribution in [0.15, 0.2) is 12.3 Å². The van der Waals surface area contributed by atoms with E-state index in [0.29, 0.717) is 18.0 Å². The SMILES string of the molecule is CC(C)n1ccc(C(=O)NCCSCC(=O)O)n1. The van der Waals surface area contributed by atoms with Gasteiger partial charge in [-0.3, -0.25) is 14.3 Å². The fraction of sp³-hybridized carbons (Fsp3) is 0.545. The molecule has 2 N–H and O–H groups in total. The first-order valence-corrected chi connectivity index (χ1v) is 6.79. The average molecular weight is 271 g/mol. The lowest BCUT2D eigenvalue weighted by Gasteiger charge is -2.04. The van der Waals surface area contributed by atoms with Crippen LogP contribution in [0.4, 0.5) is 0 Å². The lowest BCUT2D eigenvalue weighted by molar-refractivity contribution is -0.133. The number of carboxylic acid groups (broad SMARTS) is 1. The van der Waals surface area contributed by atoms with Gasteiger partial charge in [0.25, 0.3) is 5.91 Å². The molecule has 18 heavy (non-hydrogen) atoms. The Kier molecular flexibility index (Phi) is 5.70. The Bertz CT molecular complexity index is 417. The average Bonchev–Trinajstić information content (AvgIpc) is 2.77. The number of amides is 1. The Morgan fingerprint density at radius 1 is 1.56 bits per heavy atom. The lowest BCUT2D eigenvalue weighted by atomic mass is 10.4. The molecule has 0 bridgehead atoms. The zero-order valence-electron chi connectivity index (χ0n) is 10.4. The van der Waals surface area contributed by atoms with Gasteiger partial charge in [-0.25, -0.2) is 0 Å². The molecule has 0 saturated heterocycles. The first-order chi connectivity index (χ1) is 8.50. The van der Waals surface area contributed by atoms with Crippen molar-refractivity contribution in [3.05, 3.63) is 18.0 Å². The van der Waals surface area contributed by atoms with Crippen LogP contribution < -0.4 is 5.32 Å². The monoisotopic (exact) mass is 271 g/mol. The zero-order chi connectivity index (χ0) is 13.5. The van der Waals surface area contributed by atoms with Crippen molar-refractivity contribution in [3.63, 3.8) is 0 Å². The highest BCUT2D eigenvalue weighted by molar-refractivity contribution is 7.99. The fourth-order valence-corrected chi connectivity index (χ4v) is 1.80. The van der Waals surface area contributed by atoms with Gasteiger partial charge in [-0.15, -0.1) is 11.8 Å². The van der Waals surface area contributed by atoms with E-state index in [-0.39, 0.29) is 17.7 Å². The first-order valence-electron chi connectivity index (χ1n) is 5.63. The van der Waals surface area contributed by atoms with Gasteiger partial charge in [-0.2, -0.15) is 5.10 Å². The Morgan fingerprint density at radius 3 is 2.83 bits per heavy atom. The standard InChI is InChI=1S/C11H17N3O3S/c1-8(2)14-5-3-9(13-14)11(17)12-4-6-18-7-10(15)16/h3,5,8H,4,6-7H2,1-2H3,(H,12,17)(H,15,16). The number of carbonyl (C=O) groups is 2. The van der Waals surface area contributed by atoms with Crippen LogP contribution in [0.25, 0.3) is 0 Å². The number of thioether (sulfide) groups is 1. The molecule has 1 heterocycles. The summed E-state index contributed by atoms with van der Waals surface area (Å²) >= 11 is 1.27. The number of aromatic nitrogens is 2. The number of aliphatic carboxylic acids is 1. The number of hydrogen-bond acceptors (Lipinski definition) is 4. The van der Waals surface area contributed by atoms with Gasteiger partial charge in [-0.1, -0.05) is 0 Å². The van der Waals surface area contributed by atoms with Crippen LogP contribution in [0.3, 0.4) is 0 Å². The molecular formula is C11H17N3O3S. The van der Waals surface area contributed by atoms with Gasteiger partial charge < -0.3 is 10.4 Å². The number of nitrogens with one attached hydrogen (secondary N) is 1. The number of carbonyl (C=O) groups excluding carboxylic acids is 1. The Balaban J connectivity index is 2.29. The van der Waals surface area contributed by atoms with Gasteiger partial charge >= 0.3 is 5.97 Å². The molecule has 0 aliphatic heterocycles. The predicted molar refractivity (Wildman–Crippen MR) is 69.9 cm³/mol. The molecule has 100 valence electrons. The van der Waals surface area contributed by atoms with Gasteiger partial charge in [0.15, 0.2) is 0 Å². The minimum absolute atomic E-state index is 0.0534. The maximum atomic E-state index is 11.7. The van der Waals surface area contributed by atoms with Crippen molar-refractivity contribution < 1.29 is 14.7 Å². The second-order valence-corrected chi connectivity index (χ2v) is 5.08. The minimum Gasteiger partial charge on any atom is -0.481 e. The van der Waals surface area contributed by atoms with E-state index in [0.717, 1.165) is 0 Å².